The summed E-state index contributed by atoms with van der Waals surface area (Å²) < 4.78 is 0. The van der Waals surface area contributed by atoms with Crippen LogP contribution >= 0.6 is 0 Å². The van der Waals surface area contributed by atoms with Crippen molar-refractivity contribution in [1.29, 1.82) is 0 Å². The fraction of sp³-hybridized carbons (Fsp3) is 0.632. The van der Waals surface area contributed by atoms with Gasteiger partial charge in [-0.25, -0.2) is 0 Å². The third-order valence-electron chi connectivity index (χ3n) is 6.27. The highest BCUT2D eigenvalue weighted by Crippen LogP contribution is 2.26. The maximum absolute atomic E-state index is 4.15. The summed E-state index contributed by atoms with van der Waals surface area (Å²) in [5.74, 6) is 3.59. The summed E-state index contributed by atoms with van der Waals surface area (Å²) in [5, 5.41) is 7.08. The van der Waals surface area contributed by atoms with Crippen LogP contribution in [0.4, 0.5) is 0 Å². The van der Waals surface area contributed by atoms with Gasteiger partial charge in [-0.15, -0.1) is 0 Å². The number of H-pyrrole nitrogens is 1. The van der Waals surface area contributed by atoms with Crippen LogP contribution in [0, 0.1) is 0 Å². The average molecular weight is 568 g/mol. The summed E-state index contributed by atoms with van der Waals surface area (Å²) in [7, 11) is 0. The van der Waals surface area contributed by atoms with Gasteiger partial charge in [-0.3, -0.25) is 10.1 Å². The molecular formula is C38H69N3. The Morgan fingerprint density at radius 1 is 0.439 bits per heavy atom. The van der Waals surface area contributed by atoms with E-state index in [1.807, 2.05) is 60.1 Å². The quantitative estimate of drug-likeness (QED) is 0.322. The van der Waals surface area contributed by atoms with E-state index in [0.717, 1.165) is 0 Å². The van der Waals surface area contributed by atoms with E-state index in [1.54, 1.807) is 0 Å². The molecule has 0 saturated carbocycles. The monoisotopic (exact) mass is 568 g/mol. The molecule has 3 heteroatoms. The molecular weight excluding hydrogens is 498 g/mol. The number of pyridine rings is 1. The Balaban J connectivity index is -0.000000483. The Kier molecular flexibility index (Phi) is 26.6. The lowest BCUT2D eigenvalue weighted by Gasteiger charge is -2.14. The van der Waals surface area contributed by atoms with Crippen LogP contribution in [0.2, 0.25) is 0 Å². The summed E-state index contributed by atoms with van der Waals surface area (Å²) in [5.41, 5.74) is 8.42. The molecule has 0 aliphatic heterocycles. The minimum absolute atomic E-state index is 0.551. The summed E-state index contributed by atoms with van der Waals surface area (Å²) in [4.78, 5) is 4.15. The molecule has 236 valence electrons. The van der Waals surface area contributed by atoms with Crippen molar-refractivity contribution < 1.29 is 0 Å². The van der Waals surface area contributed by atoms with Crippen molar-refractivity contribution in [3.8, 4) is 0 Å². The van der Waals surface area contributed by atoms with Crippen molar-refractivity contribution in [3.63, 3.8) is 0 Å². The first-order chi connectivity index (χ1) is 19.4. The van der Waals surface area contributed by atoms with Gasteiger partial charge in [-0.2, -0.15) is 5.10 Å². The Hall–Kier alpha value is -2.42. The summed E-state index contributed by atoms with van der Waals surface area (Å²) in [6.07, 6.45) is 5.79. The van der Waals surface area contributed by atoms with Crippen molar-refractivity contribution in [2.75, 3.05) is 0 Å². The van der Waals surface area contributed by atoms with Crippen LogP contribution in [-0.2, 0) is 0 Å². The molecule has 1 N–H and O–H groups in total. The molecule has 0 aliphatic carbocycles. The molecule has 0 spiro atoms. The fourth-order valence-corrected chi connectivity index (χ4v) is 4.22. The van der Waals surface area contributed by atoms with Crippen molar-refractivity contribution in [2.24, 2.45) is 0 Å². The maximum Gasteiger partial charge on any atom is 0.0524 e. The Morgan fingerprint density at radius 3 is 1.10 bits per heavy atom. The molecule has 0 radical (unpaired) electrons. The topological polar surface area (TPSA) is 41.6 Å². The van der Waals surface area contributed by atoms with Crippen molar-refractivity contribution >= 4 is 0 Å². The van der Waals surface area contributed by atoms with E-state index in [2.05, 4.69) is 129 Å². The molecule has 2 aromatic heterocycles. The van der Waals surface area contributed by atoms with Crippen LogP contribution in [0.25, 0.3) is 0 Å². The second-order valence-electron chi connectivity index (χ2n) is 11.3. The number of nitrogens with zero attached hydrogens (tertiary/aromatic N) is 2. The minimum Gasteiger partial charge on any atom is -0.282 e. The van der Waals surface area contributed by atoms with Gasteiger partial charge in [0.2, 0.25) is 0 Å². The van der Waals surface area contributed by atoms with Gasteiger partial charge in [-0.05, 0) is 69.4 Å². The van der Waals surface area contributed by atoms with E-state index in [4.69, 9.17) is 0 Å². The van der Waals surface area contributed by atoms with Crippen LogP contribution in [-0.4, -0.2) is 15.2 Å². The summed E-state index contributed by atoms with van der Waals surface area (Å²) in [6, 6.07) is 10.8. The molecule has 0 unspecified atom stereocenters. The highest BCUT2D eigenvalue weighted by Gasteiger charge is 2.11. The van der Waals surface area contributed by atoms with Gasteiger partial charge in [0, 0.05) is 18.1 Å². The average Bonchev–Trinajstić information content (AvgIpc) is 3.48. The van der Waals surface area contributed by atoms with Crippen molar-refractivity contribution in [2.45, 2.75) is 160 Å². The van der Waals surface area contributed by atoms with E-state index in [0.29, 0.717) is 35.5 Å². The van der Waals surface area contributed by atoms with Crippen LogP contribution in [0.3, 0.4) is 0 Å². The third-order valence-corrected chi connectivity index (χ3v) is 6.27. The van der Waals surface area contributed by atoms with Crippen LogP contribution in [0.1, 0.15) is 194 Å². The smallest absolute Gasteiger partial charge is 0.0524 e. The molecule has 0 fully saturated rings. The van der Waals surface area contributed by atoms with Crippen LogP contribution < -0.4 is 0 Å². The van der Waals surface area contributed by atoms with E-state index in [9.17, 15) is 0 Å². The molecule has 3 rings (SSSR count). The van der Waals surface area contributed by atoms with Crippen LogP contribution in [0.5, 0.6) is 0 Å². The second kappa shape index (κ2) is 25.3. The van der Waals surface area contributed by atoms with Gasteiger partial charge >= 0.3 is 0 Å². The predicted molar refractivity (Wildman–Crippen MR) is 188 cm³/mol. The molecule has 0 aliphatic rings. The number of rotatable bonds is 6. The molecule has 0 amide bonds. The summed E-state index contributed by atoms with van der Waals surface area (Å²) in [6.45, 7) is 38.6. The van der Waals surface area contributed by atoms with Gasteiger partial charge in [0.25, 0.3) is 0 Å². The standard InChI is InChI=1S/C12H18.C11H17N.C9H16N2.3C2H6/c1-9(2)11-7-5-6-8-12(11)10(3)4;1-8(2)10-5-6-12-7-11(10)9(3)4;1-6(2)8-5-10-11-9(8)7(3)4;3*1-2/h5-10H,1-4H3;5-9H,1-4H3;5-7H,1-4H3,(H,10,11);3*1-2H3. The lowest BCUT2D eigenvalue weighted by Crippen LogP contribution is -1.98. The number of aromatic amines is 1. The minimum atomic E-state index is 0.551. The van der Waals surface area contributed by atoms with Crippen molar-refractivity contribution in [1.82, 2.24) is 15.2 Å². The molecule has 1 aromatic carbocycles. The zero-order chi connectivity index (χ0) is 32.7. The van der Waals surface area contributed by atoms with Crippen LogP contribution in [0.15, 0.2) is 48.9 Å². The molecule has 41 heavy (non-hydrogen) atoms. The van der Waals surface area contributed by atoms with E-state index < -0.39 is 0 Å². The molecule has 0 atom stereocenters. The zero-order valence-corrected chi connectivity index (χ0v) is 30.5. The number of benzene rings is 1. The van der Waals surface area contributed by atoms with Gasteiger partial charge in [0.1, 0.15) is 0 Å². The zero-order valence-electron chi connectivity index (χ0n) is 30.5. The number of hydrogen-bond acceptors (Lipinski definition) is 2. The van der Waals surface area contributed by atoms with Gasteiger partial charge in [-0.1, -0.05) is 149 Å². The van der Waals surface area contributed by atoms with Gasteiger partial charge in [0.15, 0.2) is 0 Å². The Morgan fingerprint density at radius 2 is 0.805 bits per heavy atom. The predicted octanol–water partition coefficient (Wildman–Crippen LogP) is 13.0. The van der Waals surface area contributed by atoms with E-state index in [1.165, 1.54) is 33.5 Å². The van der Waals surface area contributed by atoms with Crippen molar-refractivity contribution in [3.05, 3.63) is 82.4 Å². The highest BCUT2D eigenvalue weighted by atomic mass is 15.1. The number of hydrogen-bond donors (Lipinski definition) is 1. The lowest BCUT2D eigenvalue weighted by molar-refractivity contribution is 0.767. The normalized spacial score (nSPS) is 10.0. The van der Waals surface area contributed by atoms with Gasteiger partial charge in [0.05, 0.1) is 6.20 Å². The maximum atomic E-state index is 4.15. The summed E-state index contributed by atoms with van der Waals surface area (Å²) >= 11 is 0. The number of aromatic nitrogens is 3. The second-order valence-corrected chi connectivity index (χ2v) is 11.3. The molecule has 0 saturated heterocycles. The molecule has 0 bridgehead atoms. The fourth-order valence-electron chi connectivity index (χ4n) is 4.22. The van der Waals surface area contributed by atoms with Gasteiger partial charge < -0.3 is 0 Å². The third kappa shape index (κ3) is 16.6. The van der Waals surface area contributed by atoms with E-state index in [-0.39, 0.29) is 0 Å². The Bertz CT molecular complexity index is 846. The first kappa shape index (κ1) is 43.0. The van der Waals surface area contributed by atoms with E-state index >= 15 is 0 Å². The number of nitrogens with one attached hydrogen (secondary N) is 1. The molecule has 3 aromatic rings. The first-order valence-corrected chi connectivity index (χ1v) is 16.4. The Labute approximate surface area is 257 Å². The lowest BCUT2D eigenvalue weighted by atomic mass is 9.91. The largest absolute Gasteiger partial charge is 0.282 e. The highest BCUT2D eigenvalue weighted by molar-refractivity contribution is 5.32. The molecule has 3 nitrogen and oxygen atoms in total. The molecule has 2 heterocycles. The SMILES string of the molecule is CC.CC.CC.CC(C)c1ccccc1C(C)C.CC(C)c1ccncc1C(C)C.CC(C)c1cn[nH]c1C(C)C. The first-order valence-electron chi connectivity index (χ1n) is 16.4.